The van der Waals surface area contributed by atoms with Crippen LogP contribution in [-0.4, -0.2) is 26.3 Å². The first-order chi connectivity index (χ1) is 17.0. The highest BCUT2D eigenvalue weighted by Crippen LogP contribution is 2.25. The predicted molar refractivity (Wildman–Crippen MR) is 137 cm³/mol. The molecule has 35 heavy (non-hydrogen) atoms. The number of hydrogen-bond donors (Lipinski definition) is 2. The lowest BCUT2D eigenvalue weighted by atomic mass is 10.1. The Balaban J connectivity index is 1.36. The number of carbonyl (C=O) groups excluding carboxylic acids is 2. The number of imidazole rings is 1. The SMILES string of the molecule is Cc1cc(C(=O)NC(C)c2cccc(NC(=O)c3ccccc3)c2)c2nc3n(c2n1)CCCCC3. The Morgan fingerprint density at radius 2 is 1.77 bits per heavy atom. The molecule has 1 atom stereocenters. The average Bonchev–Trinajstić information content (AvgIpc) is 3.04. The van der Waals surface area contributed by atoms with Crippen LogP contribution in [0.25, 0.3) is 11.2 Å². The van der Waals surface area contributed by atoms with Gasteiger partial charge in [-0.25, -0.2) is 9.97 Å². The molecular weight excluding hydrogens is 438 g/mol. The second-order valence-corrected chi connectivity index (χ2v) is 9.11. The first-order valence-electron chi connectivity index (χ1n) is 12.1. The van der Waals surface area contributed by atoms with Crippen molar-refractivity contribution in [1.82, 2.24) is 19.9 Å². The van der Waals surface area contributed by atoms with Crippen molar-refractivity contribution in [2.24, 2.45) is 0 Å². The average molecular weight is 468 g/mol. The van der Waals surface area contributed by atoms with Crippen molar-refractivity contribution in [1.29, 1.82) is 0 Å². The van der Waals surface area contributed by atoms with Gasteiger partial charge in [0, 0.05) is 29.9 Å². The molecule has 0 radical (unpaired) electrons. The smallest absolute Gasteiger partial charge is 0.255 e. The monoisotopic (exact) mass is 467 g/mol. The molecule has 2 amide bonds. The maximum atomic E-state index is 13.4. The number of amides is 2. The van der Waals surface area contributed by atoms with Gasteiger partial charge in [0.2, 0.25) is 0 Å². The maximum Gasteiger partial charge on any atom is 0.255 e. The van der Waals surface area contributed by atoms with Gasteiger partial charge in [-0.15, -0.1) is 0 Å². The van der Waals surface area contributed by atoms with Crippen LogP contribution in [0.4, 0.5) is 5.69 Å². The number of nitrogens with one attached hydrogen (secondary N) is 2. The van der Waals surface area contributed by atoms with Crippen molar-refractivity contribution in [3.63, 3.8) is 0 Å². The van der Waals surface area contributed by atoms with E-state index in [1.165, 1.54) is 6.42 Å². The van der Waals surface area contributed by atoms with E-state index in [9.17, 15) is 9.59 Å². The van der Waals surface area contributed by atoms with Crippen LogP contribution in [0.2, 0.25) is 0 Å². The van der Waals surface area contributed by atoms with Gasteiger partial charge in [0.1, 0.15) is 11.3 Å². The Labute approximate surface area is 204 Å². The molecule has 7 nitrogen and oxygen atoms in total. The lowest BCUT2D eigenvalue weighted by molar-refractivity contribution is 0.0940. The zero-order chi connectivity index (χ0) is 24.4. The summed E-state index contributed by atoms with van der Waals surface area (Å²) in [7, 11) is 0. The van der Waals surface area contributed by atoms with Crippen LogP contribution in [0.5, 0.6) is 0 Å². The van der Waals surface area contributed by atoms with Gasteiger partial charge in [0.25, 0.3) is 11.8 Å². The molecule has 0 spiro atoms. The first-order valence-corrected chi connectivity index (χ1v) is 12.1. The van der Waals surface area contributed by atoms with Gasteiger partial charge < -0.3 is 15.2 Å². The third-order valence-corrected chi connectivity index (χ3v) is 6.47. The molecule has 7 heteroatoms. The molecule has 1 unspecified atom stereocenters. The van der Waals surface area contributed by atoms with Crippen LogP contribution in [0.1, 0.15) is 70.0 Å². The van der Waals surface area contributed by atoms with Gasteiger partial charge in [-0.1, -0.05) is 36.8 Å². The zero-order valence-corrected chi connectivity index (χ0v) is 20.0. The van der Waals surface area contributed by atoms with E-state index in [2.05, 4.69) is 15.2 Å². The van der Waals surface area contributed by atoms with Gasteiger partial charge >= 0.3 is 0 Å². The number of anilines is 1. The quantitative estimate of drug-likeness (QED) is 0.422. The maximum absolute atomic E-state index is 13.4. The summed E-state index contributed by atoms with van der Waals surface area (Å²) in [5.41, 5.74) is 4.98. The third-order valence-electron chi connectivity index (χ3n) is 6.47. The summed E-state index contributed by atoms with van der Waals surface area (Å²) < 4.78 is 2.18. The number of carbonyl (C=O) groups is 2. The van der Waals surface area contributed by atoms with E-state index in [0.717, 1.165) is 48.5 Å². The Morgan fingerprint density at radius 1 is 0.943 bits per heavy atom. The highest BCUT2D eigenvalue weighted by molar-refractivity contribution is 6.05. The fraction of sp³-hybridized carbons (Fsp3) is 0.286. The highest BCUT2D eigenvalue weighted by atomic mass is 16.2. The number of rotatable bonds is 5. The Hall–Kier alpha value is -4.00. The topological polar surface area (TPSA) is 88.9 Å². The molecule has 5 rings (SSSR count). The minimum atomic E-state index is -0.264. The second kappa shape index (κ2) is 9.70. The Bertz CT molecular complexity index is 1390. The summed E-state index contributed by atoms with van der Waals surface area (Å²) in [4.78, 5) is 35.4. The predicted octanol–water partition coefficient (Wildman–Crippen LogP) is 5.21. The molecule has 0 fully saturated rings. The minimum absolute atomic E-state index is 0.173. The molecule has 0 saturated carbocycles. The van der Waals surface area contributed by atoms with Crippen LogP contribution in [0.15, 0.2) is 60.7 Å². The highest BCUT2D eigenvalue weighted by Gasteiger charge is 2.22. The molecular formula is C28H29N5O2. The molecule has 2 aromatic carbocycles. The van der Waals surface area contributed by atoms with Gasteiger partial charge in [0.15, 0.2) is 5.65 Å². The van der Waals surface area contributed by atoms with Gasteiger partial charge in [-0.05, 0) is 62.6 Å². The summed E-state index contributed by atoms with van der Waals surface area (Å²) >= 11 is 0. The molecule has 1 aliphatic heterocycles. The van der Waals surface area contributed by atoms with Crippen LogP contribution in [-0.2, 0) is 13.0 Å². The van der Waals surface area contributed by atoms with Crippen LogP contribution in [0.3, 0.4) is 0 Å². The molecule has 178 valence electrons. The van der Waals surface area contributed by atoms with Crippen molar-refractivity contribution in [3.05, 3.63) is 88.9 Å². The molecule has 0 bridgehead atoms. The molecule has 0 aliphatic carbocycles. The number of pyridine rings is 1. The van der Waals surface area contributed by atoms with Gasteiger partial charge in [-0.2, -0.15) is 0 Å². The molecule has 2 N–H and O–H groups in total. The lowest BCUT2D eigenvalue weighted by Gasteiger charge is -2.16. The van der Waals surface area contributed by atoms with Gasteiger partial charge in [-0.3, -0.25) is 9.59 Å². The van der Waals surface area contributed by atoms with Gasteiger partial charge in [0.05, 0.1) is 11.6 Å². The summed E-state index contributed by atoms with van der Waals surface area (Å²) in [6.07, 6.45) is 4.31. The van der Waals surface area contributed by atoms with Crippen molar-refractivity contribution < 1.29 is 9.59 Å². The molecule has 3 heterocycles. The van der Waals surface area contributed by atoms with E-state index in [1.54, 1.807) is 12.1 Å². The standard InChI is InChI=1S/C28H29N5O2/c1-18-16-23(25-26(29-18)33-15-8-4-7-14-24(33)32-25)28(35)30-19(2)21-12-9-13-22(17-21)31-27(34)20-10-5-3-6-11-20/h3,5-6,9-13,16-17,19H,4,7-8,14-15H2,1-2H3,(H,30,35)(H,31,34). The van der Waals surface area contributed by atoms with Crippen LogP contribution >= 0.6 is 0 Å². The fourth-order valence-corrected chi connectivity index (χ4v) is 4.63. The number of aromatic nitrogens is 3. The number of fused-ring (bicyclic) bond motifs is 3. The fourth-order valence-electron chi connectivity index (χ4n) is 4.63. The normalized spacial score (nSPS) is 14.1. The number of hydrogen-bond acceptors (Lipinski definition) is 4. The van der Waals surface area contributed by atoms with Crippen molar-refractivity contribution in [2.45, 2.75) is 52.1 Å². The molecule has 0 saturated heterocycles. The van der Waals surface area contributed by atoms with E-state index in [1.807, 2.05) is 62.4 Å². The summed E-state index contributed by atoms with van der Waals surface area (Å²) in [6, 6.07) is 18.2. The Kier molecular flexibility index (Phi) is 6.31. The first kappa shape index (κ1) is 22.8. The van der Waals surface area contributed by atoms with E-state index >= 15 is 0 Å². The summed E-state index contributed by atoms with van der Waals surface area (Å²) in [5, 5.41) is 6.04. The Morgan fingerprint density at radius 3 is 2.60 bits per heavy atom. The second-order valence-electron chi connectivity index (χ2n) is 9.11. The van der Waals surface area contributed by atoms with E-state index in [-0.39, 0.29) is 17.9 Å². The lowest BCUT2D eigenvalue weighted by Crippen LogP contribution is -2.27. The van der Waals surface area contributed by atoms with Crippen molar-refractivity contribution in [3.8, 4) is 0 Å². The summed E-state index contributed by atoms with van der Waals surface area (Å²) in [6.45, 7) is 4.74. The van der Waals surface area contributed by atoms with E-state index < -0.39 is 0 Å². The van der Waals surface area contributed by atoms with Crippen LogP contribution in [0, 0.1) is 6.92 Å². The number of benzene rings is 2. The number of nitrogens with zero attached hydrogens (tertiary/aromatic N) is 3. The molecule has 1 aliphatic rings. The summed E-state index contributed by atoms with van der Waals surface area (Å²) in [5.74, 6) is 0.660. The number of aryl methyl sites for hydroxylation is 3. The van der Waals surface area contributed by atoms with Crippen molar-refractivity contribution in [2.75, 3.05) is 5.32 Å². The molecule has 2 aromatic heterocycles. The van der Waals surface area contributed by atoms with Crippen molar-refractivity contribution >= 4 is 28.7 Å². The largest absolute Gasteiger partial charge is 0.345 e. The minimum Gasteiger partial charge on any atom is -0.345 e. The van der Waals surface area contributed by atoms with E-state index in [4.69, 9.17) is 9.97 Å². The molecule has 4 aromatic rings. The zero-order valence-electron chi connectivity index (χ0n) is 20.0. The van der Waals surface area contributed by atoms with Crippen LogP contribution < -0.4 is 10.6 Å². The van der Waals surface area contributed by atoms with E-state index in [0.29, 0.717) is 22.3 Å². The third kappa shape index (κ3) is 4.80.